The first-order valence-corrected chi connectivity index (χ1v) is 50.5. The van der Waals surface area contributed by atoms with E-state index in [1.165, 1.54) is 79.4 Å². The summed E-state index contributed by atoms with van der Waals surface area (Å²) in [7, 11) is 23.7. The summed E-state index contributed by atoms with van der Waals surface area (Å²) in [5, 5.41) is 0. The average Bonchev–Trinajstić information content (AvgIpc) is 0.728. The van der Waals surface area contributed by atoms with Gasteiger partial charge in [-0.2, -0.15) is 0 Å². The molecular formula is C128H136N8O11. The molecule has 0 saturated heterocycles. The van der Waals surface area contributed by atoms with E-state index in [2.05, 4.69) is 325 Å². The zero-order valence-corrected chi connectivity index (χ0v) is 89.0. The maximum absolute atomic E-state index is 6.56. The number of para-hydroxylation sites is 6. The Bertz CT molecular complexity index is 7330. The van der Waals surface area contributed by atoms with E-state index in [1.807, 2.05) is 133 Å². The largest absolute Gasteiger partial charge is 0.496 e. The second-order valence-corrected chi connectivity index (χ2v) is 38.5. The molecule has 4 heterocycles. The molecule has 0 amide bonds. The third-order valence-corrected chi connectivity index (χ3v) is 27.8. The van der Waals surface area contributed by atoms with E-state index in [9.17, 15) is 0 Å². The Kier molecular flexibility index (Phi) is 31.5. The minimum absolute atomic E-state index is 0.349. The smallest absolute Gasteiger partial charge is 0.145 e. The summed E-state index contributed by atoms with van der Waals surface area (Å²) in [6, 6.07) is 112. The van der Waals surface area contributed by atoms with Gasteiger partial charge in [-0.25, -0.2) is 0 Å². The van der Waals surface area contributed by atoms with Crippen molar-refractivity contribution in [2.24, 2.45) is 11.8 Å². The van der Waals surface area contributed by atoms with Gasteiger partial charge in [-0.3, -0.25) is 0 Å². The fourth-order valence-electron chi connectivity index (χ4n) is 21.0. The number of aryl methyl sites for hydroxylation is 1. The maximum atomic E-state index is 6.56. The number of benzene rings is 16. The number of methoxy groups -OCH3 is 9. The fourth-order valence-corrected chi connectivity index (χ4v) is 21.0. The number of ether oxygens (including phenoxy) is 11. The van der Waals surface area contributed by atoms with Gasteiger partial charge < -0.3 is 91.3 Å². The molecule has 0 saturated carbocycles. The van der Waals surface area contributed by atoms with Crippen molar-refractivity contribution in [3.05, 3.63) is 344 Å². The highest BCUT2D eigenvalue weighted by Gasteiger charge is 2.38. The van der Waals surface area contributed by atoms with Gasteiger partial charge in [0.05, 0.1) is 172 Å². The number of hydrogen-bond donors (Lipinski definition) is 0. The molecule has 0 unspecified atom stereocenters. The molecule has 4 aliphatic heterocycles. The molecule has 4 aliphatic rings. The van der Waals surface area contributed by atoms with Crippen LogP contribution >= 0.6 is 0 Å². The standard InChI is InChI=1S/C50H54N2O4.C32H34N2O5.C25H28N2O.C21H20N2O/c1-8-38-27-40(49-45(54-7)22-16-24-47(49)56-33-37-19-13-10-14-20-37)29-43-50(38)52(31-35(4)5)42-28-39(25-26-41(42)51(43)30-34(2)3)48-44(53-6)21-15-23-46(48)55-32-36-17-11-9-12-18-36;1-19-21(30-26(37-6)13-10-14-27(30)38-7)18-28(39-8)32-31(19)33(2)22-16-15-20(17-23(22)34(32)3)29-24(35-4)11-9-12-25(29)36-5;1-17(2)26-21-11-7-8-12-22(21)27(18(3)4)24-16-19(14-15-23(24)26)20-10-6-9-13-25(20)28-5;1-22-17-9-5-6-10-18(17)23(2)20-14-15(12-13-19(20)22)16-8-4-7-11-21(16)24-3/h9-29,34-35H,8,30-33H2,1-7H3;9-18H,1-8H3;6-18H,1-5H3;4-14H,1-3H3. The molecule has 0 atom stereocenters. The molecule has 147 heavy (non-hydrogen) atoms. The second-order valence-electron chi connectivity index (χ2n) is 38.5. The minimum atomic E-state index is 0.349. The van der Waals surface area contributed by atoms with Gasteiger partial charge >= 0.3 is 0 Å². The van der Waals surface area contributed by atoms with Crippen molar-refractivity contribution in [2.45, 2.75) is 101 Å². The van der Waals surface area contributed by atoms with E-state index < -0.39 is 0 Å². The molecule has 0 bridgehead atoms. The van der Waals surface area contributed by atoms with Crippen LogP contribution in [0.15, 0.2) is 322 Å². The highest BCUT2D eigenvalue weighted by atomic mass is 16.5. The zero-order valence-electron chi connectivity index (χ0n) is 89.0. The van der Waals surface area contributed by atoms with Crippen molar-refractivity contribution in [1.82, 2.24) is 0 Å². The van der Waals surface area contributed by atoms with Gasteiger partial charge in [-0.15, -0.1) is 0 Å². The van der Waals surface area contributed by atoms with Crippen LogP contribution < -0.4 is 91.3 Å². The number of nitrogens with zero attached hydrogens (tertiary/aromatic N) is 8. The van der Waals surface area contributed by atoms with E-state index in [0.29, 0.717) is 37.1 Å². The molecule has 0 fully saturated rings. The molecule has 754 valence electrons. The Balaban J connectivity index is 0.000000141. The number of anilines is 16. The average molecular weight is 1960 g/mol. The first-order chi connectivity index (χ1) is 71.4. The summed E-state index contributed by atoms with van der Waals surface area (Å²) >= 11 is 0. The van der Waals surface area contributed by atoms with Crippen LogP contribution in [0.3, 0.4) is 0 Å². The van der Waals surface area contributed by atoms with Gasteiger partial charge in [0, 0.05) is 64.5 Å². The van der Waals surface area contributed by atoms with E-state index in [4.69, 9.17) is 52.1 Å². The van der Waals surface area contributed by atoms with Crippen LogP contribution in [0.2, 0.25) is 0 Å². The highest BCUT2D eigenvalue weighted by Crippen LogP contribution is 2.61. The topological polar surface area (TPSA) is 127 Å². The quantitative estimate of drug-likeness (QED) is 0.0461. The van der Waals surface area contributed by atoms with Gasteiger partial charge in [0.25, 0.3) is 0 Å². The normalized spacial score (nSPS) is 12.3. The molecule has 0 aliphatic carbocycles. The molecule has 20 rings (SSSR count). The lowest BCUT2D eigenvalue weighted by atomic mass is 9.92. The van der Waals surface area contributed by atoms with Crippen molar-refractivity contribution in [3.63, 3.8) is 0 Å². The lowest BCUT2D eigenvalue weighted by Gasteiger charge is -2.44. The molecule has 0 aromatic heterocycles. The van der Waals surface area contributed by atoms with Crippen LogP contribution in [-0.2, 0) is 19.6 Å². The number of rotatable bonds is 28. The van der Waals surface area contributed by atoms with E-state index >= 15 is 0 Å². The van der Waals surface area contributed by atoms with Crippen molar-refractivity contribution in [1.29, 1.82) is 0 Å². The van der Waals surface area contributed by atoms with E-state index in [-0.39, 0.29) is 0 Å². The molecule has 16 aromatic rings. The van der Waals surface area contributed by atoms with Crippen LogP contribution in [0, 0.1) is 18.8 Å². The molecule has 0 radical (unpaired) electrons. The monoisotopic (exact) mass is 1960 g/mol. The Hall–Kier alpha value is -16.3. The second kappa shape index (κ2) is 45.3. The van der Waals surface area contributed by atoms with Crippen LogP contribution in [0.5, 0.6) is 63.2 Å². The van der Waals surface area contributed by atoms with Crippen molar-refractivity contribution < 1.29 is 52.1 Å². The zero-order chi connectivity index (χ0) is 104. The molecule has 16 aromatic carbocycles. The molecule has 19 heteroatoms. The summed E-state index contributed by atoms with van der Waals surface area (Å²) in [6.07, 6.45) is 0.856. The summed E-state index contributed by atoms with van der Waals surface area (Å²) in [4.78, 5) is 18.9. The Morgan fingerprint density at radius 2 is 0.558 bits per heavy atom. The predicted octanol–water partition coefficient (Wildman–Crippen LogP) is 31.9. The van der Waals surface area contributed by atoms with E-state index in [1.54, 1.807) is 64.0 Å². The minimum Gasteiger partial charge on any atom is -0.496 e. The molecular weight excluding hydrogens is 1830 g/mol. The summed E-state index contributed by atoms with van der Waals surface area (Å²) in [5.74, 6) is 9.50. The third-order valence-electron chi connectivity index (χ3n) is 27.8. The van der Waals surface area contributed by atoms with Crippen molar-refractivity contribution in [2.75, 3.05) is 144 Å². The van der Waals surface area contributed by atoms with Gasteiger partial charge in [-0.1, -0.05) is 204 Å². The van der Waals surface area contributed by atoms with Crippen LogP contribution in [-0.4, -0.2) is 117 Å². The third kappa shape index (κ3) is 20.4. The molecule has 0 N–H and O–H groups in total. The van der Waals surface area contributed by atoms with Crippen LogP contribution in [0.4, 0.5) is 91.0 Å². The van der Waals surface area contributed by atoms with Crippen LogP contribution in [0.1, 0.15) is 84.6 Å². The Morgan fingerprint density at radius 1 is 0.231 bits per heavy atom. The summed E-state index contributed by atoms with van der Waals surface area (Å²) < 4.78 is 65.1. The highest BCUT2D eigenvalue weighted by molar-refractivity contribution is 6.04. The molecule has 19 nitrogen and oxygen atoms in total. The summed E-state index contributed by atoms with van der Waals surface area (Å²) in [6.45, 7) is 25.2. The lowest BCUT2D eigenvalue weighted by molar-refractivity contribution is 0.305. The fraction of sp³-hybridized carbons (Fsp3) is 0.250. The van der Waals surface area contributed by atoms with Crippen molar-refractivity contribution in [3.8, 4) is 130 Å². The Labute approximate surface area is 868 Å². The van der Waals surface area contributed by atoms with E-state index in [0.717, 1.165) is 183 Å². The van der Waals surface area contributed by atoms with Gasteiger partial charge in [0.2, 0.25) is 0 Å². The maximum Gasteiger partial charge on any atom is 0.145 e. The number of fused-ring (bicyclic) bond motifs is 8. The predicted molar refractivity (Wildman–Crippen MR) is 609 cm³/mol. The number of hydrogen-bond acceptors (Lipinski definition) is 19. The van der Waals surface area contributed by atoms with Gasteiger partial charge in [-0.05, 0) is 260 Å². The van der Waals surface area contributed by atoms with Crippen LogP contribution in [0.25, 0.3) is 66.8 Å². The molecule has 0 spiro atoms. The van der Waals surface area contributed by atoms with Gasteiger partial charge in [0.15, 0.2) is 0 Å². The van der Waals surface area contributed by atoms with Crippen molar-refractivity contribution >= 4 is 91.0 Å². The Morgan fingerprint density at radius 3 is 1.02 bits per heavy atom. The summed E-state index contributed by atoms with van der Waals surface area (Å²) in [5.41, 5.74) is 35.7. The van der Waals surface area contributed by atoms with Gasteiger partial charge in [0.1, 0.15) is 82.1 Å². The first kappa shape index (κ1) is 102. The first-order valence-electron chi connectivity index (χ1n) is 50.5. The SMILES string of the molecule is CCc1cc(-c2c(OC)cccc2OCc2ccccc2)cc2c1N(CC(C)C)c1cc(-c3c(OC)cccc3OCc3ccccc3)ccc1N2CC(C)C.COc1cccc(OC)c1-c1ccc2c(c1)N(C)c1c(OC)cc(-c3c(OC)cccc3OC)c(C)c1N2C.COc1ccccc1-c1ccc2c(c1)N(C(C)C)c1ccccc1N2C(C)C.COc1ccccc1-c1ccc2c(c1)N(C)c1ccccc1N2C. The lowest BCUT2D eigenvalue weighted by Crippen LogP contribution is -2.36.